The van der Waals surface area contributed by atoms with Crippen LogP contribution in [0.1, 0.15) is 63.8 Å². The molecule has 109 heavy (non-hydrogen) atoms. The molecule has 19 rings (SSSR count). The molecule has 4 nitrogen and oxygen atoms in total. The number of nitrogens with zero attached hydrogens (tertiary/aromatic N) is 4. The summed E-state index contributed by atoms with van der Waals surface area (Å²) in [4.78, 5) is 5.39. The number of hydrogen-bond acceptors (Lipinski definition) is 2. The zero-order valence-electron chi connectivity index (χ0n) is 62.9. The lowest BCUT2D eigenvalue weighted by molar-refractivity contribution is 0.590. The van der Waals surface area contributed by atoms with Gasteiger partial charge in [0.05, 0.1) is 33.8 Å². The Balaban J connectivity index is 0.985. The fourth-order valence-corrected chi connectivity index (χ4v) is 17.5. The van der Waals surface area contributed by atoms with E-state index in [0.29, 0.717) is 0 Å². The molecule has 2 aliphatic rings. The molecule has 15 aromatic carbocycles. The first-order chi connectivity index (χ1) is 53.2. The number of fused-ring (bicyclic) bond motifs is 6. The van der Waals surface area contributed by atoms with Gasteiger partial charge in [-0.1, -0.05) is 326 Å². The van der Waals surface area contributed by atoms with Crippen molar-refractivity contribution in [3.05, 3.63) is 380 Å². The standard InChI is InChI=1S/C104H83BN4/c1-68-52-58-90-86(60-68)96(74-42-25-13-26-43-74)99(76-46-29-15-30-47-76)106(90)80-54-56-88-94(66-80)108(101-82(70-34-17-9-18-35-70)62-78(103(3,4)5)63-83(101)71-36-19-10-20-37-71)92-50-33-51-93-98(92)105(88)89-57-55-81(107-91-59-53-69(2)61-87(91)97(75-44-27-14-28-45-75)100(107)77-48-31-16-32-49-77)67-95(89)109(93)102-84(72-38-21-11-22-39-72)64-79(104(6,7)8)65-85(102)73-40-23-12-24-41-73/h9-67H,1-8H3. The van der Waals surface area contributed by atoms with Crippen molar-refractivity contribution in [2.75, 3.05) is 9.80 Å². The molecule has 0 radical (unpaired) electrons. The molecular weight excluding hydrogens is 1320 g/mol. The normalized spacial score (nSPS) is 12.5. The van der Waals surface area contributed by atoms with E-state index in [1.165, 1.54) is 71.7 Å². The first kappa shape index (κ1) is 66.7. The molecule has 17 aromatic rings. The van der Waals surface area contributed by atoms with Crippen LogP contribution in [-0.4, -0.2) is 15.8 Å². The van der Waals surface area contributed by atoms with Gasteiger partial charge in [0.2, 0.25) is 0 Å². The van der Waals surface area contributed by atoms with Gasteiger partial charge in [-0.2, -0.15) is 0 Å². The van der Waals surface area contributed by atoms with E-state index in [4.69, 9.17) is 0 Å². The lowest BCUT2D eigenvalue weighted by atomic mass is 9.33. The van der Waals surface area contributed by atoms with Crippen LogP contribution in [0.25, 0.3) is 122 Å². The predicted molar refractivity (Wildman–Crippen MR) is 464 cm³/mol. The molecule has 4 heterocycles. The third-order valence-electron chi connectivity index (χ3n) is 22.7. The summed E-state index contributed by atoms with van der Waals surface area (Å²) < 4.78 is 5.12. The summed E-state index contributed by atoms with van der Waals surface area (Å²) in [6, 6.07) is 135. The van der Waals surface area contributed by atoms with Crippen molar-refractivity contribution in [3.8, 4) is 101 Å². The maximum absolute atomic E-state index is 2.70. The van der Waals surface area contributed by atoms with E-state index in [1.807, 2.05) is 0 Å². The third-order valence-corrected chi connectivity index (χ3v) is 22.7. The zero-order valence-corrected chi connectivity index (χ0v) is 62.9. The number of hydrogen-bond donors (Lipinski definition) is 0. The fraction of sp³-hybridized carbons (Fsp3) is 0.0962. The maximum atomic E-state index is 2.70. The van der Waals surface area contributed by atoms with Crippen molar-refractivity contribution in [1.29, 1.82) is 0 Å². The Bertz CT molecular complexity index is 5840. The molecule has 5 heteroatoms. The average Bonchev–Trinajstić information content (AvgIpc) is 0.818. The monoisotopic (exact) mass is 1400 g/mol. The van der Waals surface area contributed by atoms with E-state index >= 15 is 0 Å². The second-order valence-corrected chi connectivity index (χ2v) is 31.7. The molecule has 0 saturated carbocycles. The zero-order chi connectivity index (χ0) is 73.8. The predicted octanol–water partition coefficient (Wildman–Crippen LogP) is 26.2. The van der Waals surface area contributed by atoms with Crippen LogP contribution in [0.4, 0.5) is 34.1 Å². The Labute approximate surface area is 640 Å². The molecule has 2 aliphatic heterocycles. The number of aryl methyl sites for hydroxylation is 2. The Hall–Kier alpha value is -13.0. The van der Waals surface area contributed by atoms with Gasteiger partial charge in [-0.05, 0) is 182 Å². The topological polar surface area (TPSA) is 16.3 Å². The van der Waals surface area contributed by atoms with Gasteiger partial charge in [0.25, 0.3) is 6.71 Å². The van der Waals surface area contributed by atoms with Gasteiger partial charge in [-0.25, -0.2) is 0 Å². The summed E-state index contributed by atoms with van der Waals surface area (Å²) in [5.74, 6) is 0. The highest BCUT2D eigenvalue weighted by Crippen LogP contribution is 2.56. The Morgan fingerprint density at radius 3 is 0.853 bits per heavy atom. The van der Waals surface area contributed by atoms with Crippen molar-refractivity contribution in [2.45, 2.75) is 66.2 Å². The van der Waals surface area contributed by atoms with Crippen LogP contribution in [0.5, 0.6) is 0 Å². The highest BCUT2D eigenvalue weighted by atomic mass is 15.2. The van der Waals surface area contributed by atoms with Crippen molar-refractivity contribution < 1.29 is 0 Å². The molecule has 0 unspecified atom stereocenters. The number of aromatic nitrogens is 2. The van der Waals surface area contributed by atoms with E-state index in [-0.39, 0.29) is 17.5 Å². The summed E-state index contributed by atoms with van der Waals surface area (Å²) in [7, 11) is 0. The van der Waals surface area contributed by atoms with Gasteiger partial charge in [0.1, 0.15) is 0 Å². The second-order valence-electron chi connectivity index (χ2n) is 31.7. The molecule has 0 atom stereocenters. The van der Waals surface area contributed by atoms with Crippen LogP contribution < -0.4 is 26.2 Å². The Morgan fingerprint density at radius 2 is 0.550 bits per heavy atom. The van der Waals surface area contributed by atoms with Gasteiger partial charge in [0, 0.05) is 78.3 Å². The average molecular weight is 1400 g/mol. The lowest BCUT2D eigenvalue weighted by Crippen LogP contribution is -2.61. The minimum absolute atomic E-state index is 0.205. The molecule has 0 N–H and O–H groups in total. The van der Waals surface area contributed by atoms with Gasteiger partial charge >= 0.3 is 0 Å². The highest BCUT2D eigenvalue weighted by Gasteiger charge is 2.46. The molecule has 0 fully saturated rings. The van der Waals surface area contributed by atoms with E-state index in [0.717, 1.165) is 124 Å². The van der Waals surface area contributed by atoms with E-state index in [1.54, 1.807) is 0 Å². The minimum atomic E-state index is -0.273. The van der Waals surface area contributed by atoms with Crippen molar-refractivity contribution >= 4 is 79.0 Å². The summed E-state index contributed by atoms with van der Waals surface area (Å²) >= 11 is 0. The molecule has 522 valence electrons. The van der Waals surface area contributed by atoms with E-state index in [2.05, 4.69) is 432 Å². The first-order valence-corrected chi connectivity index (χ1v) is 38.3. The first-order valence-electron chi connectivity index (χ1n) is 38.3. The smallest absolute Gasteiger partial charge is 0.252 e. The minimum Gasteiger partial charge on any atom is -0.310 e. The van der Waals surface area contributed by atoms with Gasteiger partial charge in [0.15, 0.2) is 0 Å². The van der Waals surface area contributed by atoms with Crippen LogP contribution in [0.2, 0.25) is 0 Å². The quantitative estimate of drug-likeness (QED) is 0.113. The highest BCUT2D eigenvalue weighted by molar-refractivity contribution is 7.00. The molecule has 2 aromatic heterocycles. The van der Waals surface area contributed by atoms with Gasteiger partial charge in [-0.15, -0.1) is 0 Å². The molecule has 0 saturated heterocycles. The molecular formula is C104H83BN4. The Kier molecular flexibility index (Phi) is 16.2. The number of anilines is 6. The lowest BCUT2D eigenvalue weighted by Gasteiger charge is -2.46. The molecule has 0 aliphatic carbocycles. The van der Waals surface area contributed by atoms with Crippen molar-refractivity contribution in [1.82, 2.24) is 9.13 Å². The van der Waals surface area contributed by atoms with Crippen LogP contribution in [-0.2, 0) is 10.8 Å². The maximum Gasteiger partial charge on any atom is 0.252 e. The molecule has 0 spiro atoms. The van der Waals surface area contributed by atoms with Crippen LogP contribution in [0.3, 0.4) is 0 Å². The largest absolute Gasteiger partial charge is 0.310 e. The molecule has 0 bridgehead atoms. The van der Waals surface area contributed by atoms with Crippen molar-refractivity contribution in [3.63, 3.8) is 0 Å². The number of benzene rings is 15. The van der Waals surface area contributed by atoms with Gasteiger partial charge < -0.3 is 18.9 Å². The van der Waals surface area contributed by atoms with Crippen LogP contribution in [0, 0.1) is 13.8 Å². The van der Waals surface area contributed by atoms with Crippen molar-refractivity contribution in [2.24, 2.45) is 0 Å². The Morgan fingerprint density at radius 1 is 0.257 bits per heavy atom. The third kappa shape index (κ3) is 11.4. The molecule has 0 amide bonds. The SMILES string of the molecule is Cc1ccc2c(c1)c(-c1ccccc1)c(-c1ccccc1)n2-c1ccc2c(c1)N(c1c(-c3ccccc3)cc(C(C)(C)C)cc1-c1ccccc1)c1cccc3c1B2c1ccc(-n2c(-c4ccccc4)c(-c4ccccc4)c4cc(C)ccc42)cc1N3c1c(-c2ccccc2)cc(C(C)(C)C)cc1-c1ccccc1. The summed E-state index contributed by atoms with van der Waals surface area (Å²) in [5, 5.41) is 2.42. The summed E-state index contributed by atoms with van der Waals surface area (Å²) in [5.41, 5.74) is 37.8. The van der Waals surface area contributed by atoms with Gasteiger partial charge in [-0.3, -0.25) is 0 Å². The summed E-state index contributed by atoms with van der Waals surface area (Å²) in [6.07, 6.45) is 0. The number of rotatable bonds is 12. The van der Waals surface area contributed by atoms with Crippen LogP contribution in [0.15, 0.2) is 358 Å². The summed E-state index contributed by atoms with van der Waals surface area (Å²) in [6.45, 7) is 18.3. The van der Waals surface area contributed by atoms with Crippen LogP contribution >= 0.6 is 0 Å². The van der Waals surface area contributed by atoms with E-state index in [9.17, 15) is 0 Å². The second kappa shape index (κ2) is 26.5. The fourth-order valence-electron chi connectivity index (χ4n) is 17.5. The van der Waals surface area contributed by atoms with E-state index < -0.39 is 0 Å².